The van der Waals surface area contributed by atoms with Crippen molar-refractivity contribution in [1.82, 2.24) is 9.62 Å². The van der Waals surface area contributed by atoms with Crippen molar-refractivity contribution in [3.05, 3.63) is 65.0 Å². The Morgan fingerprint density at radius 3 is 2.53 bits per heavy atom. The highest BCUT2D eigenvalue weighted by atomic mass is 32.2. The number of likely N-dealkylation sites (tertiary alicyclic amines) is 1. The Labute approximate surface area is 171 Å². The molecule has 0 bridgehead atoms. The lowest BCUT2D eigenvalue weighted by molar-refractivity contribution is -0.137. The van der Waals surface area contributed by atoms with Crippen molar-refractivity contribution in [2.75, 3.05) is 13.1 Å². The molecule has 0 radical (unpaired) electrons. The lowest BCUT2D eigenvalue weighted by Gasteiger charge is -2.26. The number of carbonyl (C=O) groups is 1. The number of benzene rings is 2. The van der Waals surface area contributed by atoms with Crippen LogP contribution in [0.2, 0.25) is 0 Å². The van der Waals surface area contributed by atoms with Crippen molar-refractivity contribution in [2.45, 2.75) is 36.9 Å². The number of sulfonamides is 1. The van der Waals surface area contributed by atoms with Gasteiger partial charge in [0.15, 0.2) is 0 Å². The number of aryl methyl sites for hydroxylation is 1. The summed E-state index contributed by atoms with van der Waals surface area (Å²) in [6.07, 6.45) is -3.76. The van der Waals surface area contributed by atoms with E-state index >= 15 is 0 Å². The predicted molar refractivity (Wildman–Crippen MR) is 101 cm³/mol. The van der Waals surface area contributed by atoms with Gasteiger partial charge in [-0.25, -0.2) is 17.5 Å². The fraction of sp³-hybridized carbons (Fsp3) is 0.350. The molecule has 0 saturated carbocycles. The predicted octanol–water partition coefficient (Wildman–Crippen LogP) is 3.79. The topological polar surface area (TPSA) is 66.5 Å². The Bertz CT molecular complexity index is 1050. The molecule has 3 rings (SSSR count). The van der Waals surface area contributed by atoms with Gasteiger partial charge in [0.1, 0.15) is 10.7 Å². The summed E-state index contributed by atoms with van der Waals surface area (Å²) in [6.45, 7) is 1.80. The van der Waals surface area contributed by atoms with Crippen LogP contribution in [0.1, 0.15) is 35.6 Å². The molecule has 1 amide bonds. The minimum atomic E-state index is -4.62. The molecular weight excluding hydrogens is 424 g/mol. The minimum Gasteiger partial charge on any atom is -0.341 e. The van der Waals surface area contributed by atoms with Crippen LogP contribution in [0.25, 0.3) is 0 Å². The van der Waals surface area contributed by atoms with E-state index in [2.05, 4.69) is 4.72 Å². The molecule has 1 heterocycles. The molecule has 10 heteroatoms. The summed E-state index contributed by atoms with van der Waals surface area (Å²) in [5.74, 6) is -1.19. The van der Waals surface area contributed by atoms with Gasteiger partial charge in [0.05, 0.1) is 11.6 Å². The lowest BCUT2D eigenvalue weighted by atomic mass is 10.0. The highest BCUT2D eigenvalue weighted by Crippen LogP contribution is 2.32. The molecule has 1 N–H and O–H groups in total. The molecule has 0 aliphatic carbocycles. The molecule has 0 aromatic heterocycles. The monoisotopic (exact) mass is 444 g/mol. The summed E-state index contributed by atoms with van der Waals surface area (Å²) in [7, 11) is -4.41. The van der Waals surface area contributed by atoms with Gasteiger partial charge in [0, 0.05) is 19.5 Å². The summed E-state index contributed by atoms with van der Waals surface area (Å²) in [5, 5.41) is 0. The van der Waals surface area contributed by atoms with Crippen LogP contribution in [0.4, 0.5) is 17.6 Å². The van der Waals surface area contributed by atoms with Crippen LogP contribution in [0.3, 0.4) is 0 Å². The van der Waals surface area contributed by atoms with Gasteiger partial charge in [-0.1, -0.05) is 18.2 Å². The molecule has 1 aliphatic heterocycles. The minimum absolute atomic E-state index is 0.0289. The van der Waals surface area contributed by atoms with Gasteiger partial charge in [-0.3, -0.25) is 4.79 Å². The Balaban J connectivity index is 1.99. The third kappa shape index (κ3) is 4.99. The van der Waals surface area contributed by atoms with Gasteiger partial charge >= 0.3 is 6.18 Å². The van der Waals surface area contributed by atoms with E-state index in [1.165, 1.54) is 23.1 Å². The summed E-state index contributed by atoms with van der Waals surface area (Å²) >= 11 is 0. The quantitative estimate of drug-likeness (QED) is 0.690. The van der Waals surface area contributed by atoms with E-state index in [-0.39, 0.29) is 24.4 Å². The molecule has 30 heavy (non-hydrogen) atoms. The number of hydrogen-bond donors (Lipinski definition) is 1. The number of carbonyl (C=O) groups excluding carboxylic acids is 1. The smallest absolute Gasteiger partial charge is 0.341 e. The van der Waals surface area contributed by atoms with E-state index in [0.717, 1.165) is 24.3 Å². The van der Waals surface area contributed by atoms with Crippen molar-refractivity contribution in [1.29, 1.82) is 0 Å². The Hall–Kier alpha value is -2.46. The van der Waals surface area contributed by atoms with Crippen molar-refractivity contribution < 1.29 is 30.8 Å². The SMILES string of the molecule is Cc1ccc(F)c(S(=O)(=O)NC(CN2CCCC2=O)c2cccc(C(F)(F)F)c2)c1. The van der Waals surface area contributed by atoms with Gasteiger partial charge in [-0.2, -0.15) is 13.2 Å². The maximum Gasteiger partial charge on any atom is 0.416 e. The Morgan fingerprint density at radius 1 is 1.17 bits per heavy atom. The van der Waals surface area contributed by atoms with Gasteiger partial charge < -0.3 is 4.90 Å². The van der Waals surface area contributed by atoms with Crippen LogP contribution in [0, 0.1) is 12.7 Å². The van der Waals surface area contributed by atoms with E-state index < -0.39 is 38.5 Å². The number of rotatable bonds is 6. The number of nitrogens with one attached hydrogen (secondary N) is 1. The normalized spacial score (nSPS) is 16.2. The maximum absolute atomic E-state index is 14.2. The van der Waals surface area contributed by atoms with E-state index in [9.17, 15) is 30.8 Å². The second-order valence-corrected chi connectivity index (χ2v) is 8.86. The van der Waals surface area contributed by atoms with Crippen LogP contribution in [-0.4, -0.2) is 32.3 Å². The molecule has 5 nitrogen and oxygen atoms in total. The average molecular weight is 444 g/mol. The van der Waals surface area contributed by atoms with Crippen molar-refractivity contribution in [3.8, 4) is 0 Å². The number of alkyl halides is 3. The molecule has 1 aliphatic rings. The summed E-state index contributed by atoms with van der Waals surface area (Å²) in [6, 6.07) is 6.58. The molecule has 2 aromatic carbocycles. The number of amides is 1. The molecule has 1 unspecified atom stereocenters. The van der Waals surface area contributed by atoms with E-state index in [4.69, 9.17) is 0 Å². The Morgan fingerprint density at radius 2 is 1.90 bits per heavy atom. The highest BCUT2D eigenvalue weighted by molar-refractivity contribution is 7.89. The zero-order chi connectivity index (χ0) is 22.1. The van der Waals surface area contributed by atoms with Gasteiger partial charge in [0.25, 0.3) is 0 Å². The molecule has 1 fully saturated rings. The van der Waals surface area contributed by atoms with Crippen LogP contribution >= 0.6 is 0 Å². The first-order valence-electron chi connectivity index (χ1n) is 9.21. The fourth-order valence-corrected chi connectivity index (χ4v) is 4.71. The summed E-state index contributed by atoms with van der Waals surface area (Å²) in [4.78, 5) is 12.8. The van der Waals surface area contributed by atoms with E-state index in [1.54, 1.807) is 6.92 Å². The van der Waals surface area contributed by atoms with Gasteiger partial charge in [0.2, 0.25) is 15.9 Å². The maximum atomic E-state index is 14.2. The van der Waals surface area contributed by atoms with Crippen LogP contribution < -0.4 is 4.72 Å². The molecular formula is C20H20F4N2O3S. The second-order valence-electron chi connectivity index (χ2n) is 7.17. The van der Waals surface area contributed by atoms with Crippen molar-refractivity contribution in [2.24, 2.45) is 0 Å². The molecule has 1 atom stereocenters. The Kier molecular flexibility index (Phi) is 6.19. The number of nitrogens with zero attached hydrogens (tertiary/aromatic N) is 1. The van der Waals surface area contributed by atoms with Crippen LogP contribution in [0.15, 0.2) is 47.4 Å². The summed E-state index contributed by atoms with van der Waals surface area (Å²) < 4.78 is 81.6. The zero-order valence-corrected chi connectivity index (χ0v) is 16.9. The van der Waals surface area contributed by atoms with Crippen molar-refractivity contribution >= 4 is 15.9 Å². The average Bonchev–Trinajstić information content (AvgIpc) is 3.07. The van der Waals surface area contributed by atoms with E-state index in [0.29, 0.717) is 18.5 Å². The summed E-state index contributed by atoms with van der Waals surface area (Å²) in [5.41, 5.74) is -0.415. The zero-order valence-electron chi connectivity index (χ0n) is 16.0. The highest BCUT2D eigenvalue weighted by Gasteiger charge is 2.33. The first-order chi connectivity index (χ1) is 14.0. The van der Waals surface area contributed by atoms with Gasteiger partial charge in [-0.15, -0.1) is 0 Å². The van der Waals surface area contributed by atoms with Crippen molar-refractivity contribution in [3.63, 3.8) is 0 Å². The number of halogens is 4. The molecule has 2 aromatic rings. The molecule has 162 valence electrons. The largest absolute Gasteiger partial charge is 0.416 e. The lowest BCUT2D eigenvalue weighted by Crippen LogP contribution is -2.39. The first-order valence-corrected chi connectivity index (χ1v) is 10.7. The third-order valence-corrected chi connectivity index (χ3v) is 6.35. The van der Waals surface area contributed by atoms with Crippen LogP contribution in [-0.2, 0) is 21.0 Å². The van der Waals surface area contributed by atoms with Crippen LogP contribution in [0.5, 0.6) is 0 Å². The molecule has 1 saturated heterocycles. The molecule has 0 spiro atoms. The standard InChI is InChI=1S/C20H20F4N2O3S/c1-13-7-8-16(21)18(10-13)30(28,29)25-17(12-26-9-3-6-19(26)27)14-4-2-5-15(11-14)20(22,23)24/h2,4-5,7-8,10-11,17,25H,3,6,9,12H2,1H3. The second kappa shape index (κ2) is 8.35. The van der Waals surface area contributed by atoms with Gasteiger partial charge in [-0.05, 0) is 48.7 Å². The van der Waals surface area contributed by atoms with E-state index in [1.807, 2.05) is 0 Å². The fourth-order valence-electron chi connectivity index (χ4n) is 3.33. The third-order valence-electron chi connectivity index (χ3n) is 4.86. The first kappa shape index (κ1) is 22.2. The number of hydrogen-bond acceptors (Lipinski definition) is 3.